The largest absolute Gasteiger partial charge is 0.494 e. The molecule has 3 aromatic rings. The minimum absolute atomic E-state index is 0.0669. The van der Waals surface area contributed by atoms with Crippen LogP contribution in [0, 0.1) is 5.82 Å². The number of nitrogens with one attached hydrogen (secondary N) is 1. The van der Waals surface area contributed by atoms with Crippen LogP contribution >= 0.6 is 0 Å². The molecule has 1 aliphatic heterocycles. The molecule has 1 aliphatic rings. The number of fused-ring (bicyclic) bond motifs is 1. The zero-order chi connectivity index (χ0) is 20.2. The quantitative estimate of drug-likeness (QED) is 0.665. The normalized spacial score (nSPS) is 18.0. The summed E-state index contributed by atoms with van der Waals surface area (Å²) in [4.78, 5) is 2.22. The minimum atomic E-state index is -0.341. The highest BCUT2D eigenvalue weighted by molar-refractivity contribution is 5.86. The first kappa shape index (κ1) is 19.7. The van der Waals surface area contributed by atoms with Crippen LogP contribution in [0.2, 0.25) is 0 Å². The summed E-state index contributed by atoms with van der Waals surface area (Å²) in [6, 6.07) is 20.1. The molecule has 0 aromatic heterocycles. The van der Waals surface area contributed by atoms with Gasteiger partial charge in [-0.05, 0) is 35.4 Å². The number of halogens is 1. The van der Waals surface area contributed by atoms with Crippen molar-refractivity contribution in [1.82, 2.24) is 5.32 Å². The zero-order valence-corrected chi connectivity index (χ0v) is 16.9. The third-order valence-corrected chi connectivity index (χ3v) is 5.58. The maximum atomic E-state index is 13.7. The van der Waals surface area contributed by atoms with Crippen LogP contribution in [0.5, 0.6) is 5.75 Å². The molecule has 1 N–H and O–H groups in total. The van der Waals surface area contributed by atoms with Crippen molar-refractivity contribution in [2.24, 2.45) is 0 Å². The summed E-state index contributed by atoms with van der Waals surface area (Å²) in [7, 11) is 1.49. The third kappa shape index (κ3) is 4.36. The highest BCUT2D eigenvalue weighted by atomic mass is 19.1. The van der Waals surface area contributed by atoms with Gasteiger partial charge in [-0.2, -0.15) is 0 Å². The molecular formula is C24H27FN2O2. The lowest BCUT2D eigenvalue weighted by atomic mass is 9.99. The highest BCUT2D eigenvalue weighted by Gasteiger charge is 2.22. The van der Waals surface area contributed by atoms with E-state index in [0.29, 0.717) is 6.61 Å². The van der Waals surface area contributed by atoms with Gasteiger partial charge < -0.3 is 19.7 Å². The molecule has 2 atom stereocenters. The van der Waals surface area contributed by atoms with Gasteiger partial charge in [-0.3, -0.25) is 0 Å². The van der Waals surface area contributed by atoms with Gasteiger partial charge in [0.25, 0.3) is 0 Å². The first-order chi connectivity index (χ1) is 14.2. The number of hydrogen-bond acceptors (Lipinski definition) is 4. The number of benzene rings is 3. The fraction of sp³-hybridized carbons (Fsp3) is 0.333. The standard InChI is InChI=1S/C24H27FN2O2/c1-17(21-9-5-7-18-6-3-4-8-22(18)21)26-15-20-16-27(12-13-29-20)19-10-11-23(25)24(14-19)28-2/h3-11,14,17,20,26H,12-13,15-16H2,1-2H3/t17-,20?/m1/s1. The average Bonchev–Trinajstić information content (AvgIpc) is 2.77. The summed E-state index contributed by atoms with van der Waals surface area (Å²) in [6.45, 7) is 5.12. The van der Waals surface area contributed by atoms with E-state index in [1.54, 1.807) is 12.1 Å². The van der Waals surface area contributed by atoms with Crippen molar-refractivity contribution in [1.29, 1.82) is 0 Å². The van der Waals surface area contributed by atoms with E-state index in [4.69, 9.17) is 9.47 Å². The van der Waals surface area contributed by atoms with Crippen LogP contribution in [0.4, 0.5) is 10.1 Å². The Morgan fingerprint density at radius 1 is 1.17 bits per heavy atom. The molecule has 1 heterocycles. The van der Waals surface area contributed by atoms with E-state index in [-0.39, 0.29) is 23.7 Å². The zero-order valence-electron chi connectivity index (χ0n) is 16.9. The molecule has 152 valence electrons. The van der Waals surface area contributed by atoms with Gasteiger partial charge in [0.05, 0.1) is 19.8 Å². The smallest absolute Gasteiger partial charge is 0.165 e. The number of morpholine rings is 1. The van der Waals surface area contributed by atoms with Crippen LogP contribution in [0.3, 0.4) is 0 Å². The molecular weight excluding hydrogens is 367 g/mol. The Labute approximate surface area is 171 Å². The molecule has 3 aromatic carbocycles. The summed E-state index contributed by atoms with van der Waals surface area (Å²) in [6.07, 6.45) is 0.0669. The Hall–Kier alpha value is -2.63. The van der Waals surface area contributed by atoms with E-state index < -0.39 is 0 Å². The van der Waals surface area contributed by atoms with E-state index in [0.717, 1.165) is 25.3 Å². The molecule has 0 spiro atoms. The fourth-order valence-electron chi connectivity index (χ4n) is 3.97. The molecule has 29 heavy (non-hydrogen) atoms. The second kappa shape index (κ2) is 8.80. The van der Waals surface area contributed by atoms with E-state index in [1.165, 1.54) is 29.5 Å². The fourth-order valence-corrected chi connectivity index (χ4v) is 3.97. The molecule has 0 aliphatic carbocycles. The number of hydrogen-bond donors (Lipinski definition) is 1. The van der Waals surface area contributed by atoms with E-state index in [9.17, 15) is 4.39 Å². The molecule has 1 unspecified atom stereocenters. The Balaban J connectivity index is 1.41. The van der Waals surface area contributed by atoms with Crippen LogP contribution in [0.1, 0.15) is 18.5 Å². The number of rotatable bonds is 6. The molecule has 4 nitrogen and oxygen atoms in total. The van der Waals surface area contributed by atoms with Crippen LogP contribution in [0.15, 0.2) is 60.7 Å². The van der Waals surface area contributed by atoms with Crippen molar-refractivity contribution >= 4 is 16.5 Å². The lowest BCUT2D eigenvalue weighted by Crippen LogP contribution is -2.47. The van der Waals surface area contributed by atoms with Gasteiger partial charge in [0.2, 0.25) is 0 Å². The van der Waals surface area contributed by atoms with Gasteiger partial charge in [-0.25, -0.2) is 4.39 Å². The average molecular weight is 394 g/mol. The molecule has 1 saturated heterocycles. The van der Waals surface area contributed by atoms with Crippen LogP contribution in [0.25, 0.3) is 10.8 Å². The van der Waals surface area contributed by atoms with Gasteiger partial charge in [-0.15, -0.1) is 0 Å². The topological polar surface area (TPSA) is 33.7 Å². The van der Waals surface area contributed by atoms with E-state index in [2.05, 4.69) is 59.6 Å². The lowest BCUT2D eigenvalue weighted by molar-refractivity contribution is 0.0394. The molecule has 0 saturated carbocycles. The van der Waals surface area contributed by atoms with Crippen molar-refractivity contribution in [3.8, 4) is 5.75 Å². The Kier molecular flexibility index (Phi) is 5.97. The van der Waals surface area contributed by atoms with E-state index >= 15 is 0 Å². The van der Waals surface area contributed by atoms with Crippen LogP contribution in [-0.4, -0.2) is 39.5 Å². The summed E-state index contributed by atoms with van der Waals surface area (Å²) in [5, 5.41) is 6.16. The molecule has 1 fully saturated rings. The van der Waals surface area contributed by atoms with Crippen molar-refractivity contribution in [2.45, 2.75) is 19.1 Å². The number of ether oxygens (including phenoxy) is 2. The van der Waals surface area contributed by atoms with Crippen molar-refractivity contribution in [3.63, 3.8) is 0 Å². The van der Waals surface area contributed by atoms with Gasteiger partial charge in [-0.1, -0.05) is 42.5 Å². The Bertz CT molecular complexity index is 973. The summed E-state index contributed by atoms with van der Waals surface area (Å²) in [5.41, 5.74) is 2.25. The lowest BCUT2D eigenvalue weighted by Gasteiger charge is -2.35. The first-order valence-electron chi connectivity index (χ1n) is 10.1. The molecule has 0 radical (unpaired) electrons. The SMILES string of the molecule is COc1cc(N2CCOC(CN[C@H](C)c3cccc4ccccc34)C2)ccc1F. The van der Waals surface area contributed by atoms with E-state index in [1.807, 2.05) is 0 Å². The molecule has 4 rings (SSSR count). The summed E-state index contributed by atoms with van der Waals surface area (Å²) >= 11 is 0. The second-order valence-electron chi connectivity index (χ2n) is 7.46. The Morgan fingerprint density at radius 2 is 2.00 bits per heavy atom. The van der Waals surface area contributed by atoms with Crippen LogP contribution in [-0.2, 0) is 4.74 Å². The van der Waals surface area contributed by atoms with Gasteiger partial charge >= 0.3 is 0 Å². The van der Waals surface area contributed by atoms with Crippen LogP contribution < -0.4 is 15.0 Å². The van der Waals surface area contributed by atoms with Crippen molar-refractivity contribution < 1.29 is 13.9 Å². The highest BCUT2D eigenvalue weighted by Crippen LogP contribution is 2.27. The van der Waals surface area contributed by atoms with Crippen molar-refractivity contribution in [2.75, 3.05) is 38.3 Å². The number of anilines is 1. The van der Waals surface area contributed by atoms with Gasteiger partial charge in [0.1, 0.15) is 0 Å². The van der Waals surface area contributed by atoms with Gasteiger partial charge in [0, 0.05) is 37.4 Å². The molecule has 5 heteroatoms. The summed E-state index contributed by atoms with van der Waals surface area (Å²) < 4.78 is 24.8. The number of methoxy groups -OCH3 is 1. The van der Waals surface area contributed by atoms with Gasteiger partial charge in [0.15, 0.2) is 11.6 Å². The maximum absolute atomic E-state index is 13.7. The second-order valence-corrected chi connectivity index (χ2v) is 7.46. The maximum Gasteiger partial charge on any atom is 0.165 e. The van der Waals surface area contributed by atoms with Crippen molar-refractivity contribution in [3.05, 3.63) is 72.0 Å². The Morgan fingerprint density at radius 3 is 2.86 bits per heavy atom. The predicted octanol–water partition coefficient (Wildman–Crippen LogP) is 4.54. The minimum Gasteiger partial charge on any atom is -0.494 e. The number of nitrogens with zero attached hydrogens (tertiary/aromatic N) is 1. The summed E-state index contributed by atoms with van der Waals surface area (Å²) in [5.74, 6) is -0.0696. The molecule has 0 amide bonds. The predicted molar refractivity (Wildman–Crippen MR) is 115 cm³/mol. The third-order valence-electron chi connectivity index (χ3n) is 5.58. The first-order valence-corrected chi connectivity index (χ1v) is 10.1. The monoisotopic (exact) mass is 394 g/mol. The molecule has 0 bridgehead atoms.